The van der Waals surface area contributed by atoms with Gasteiger partial charge in [0.05, 0.1) is 11.3 Å². The number of anilines is 2. The van der Waals surface area contributed by atoms with Crippen LogP contribution in [0, 0.1) is 25.2 Å². The molecule has 0 atom stereocenters. The van der Waals surface area contributed by atoms with Crippen LogP contribution in [-0.2, 0) is 16.2 Å². The first-order valence-electron chi connectivity index (χ1n) is 9.81. The van der Waals surface area contributed by atoms with Crippen molar-refractivity contribution < 1.29 is 18.8 Å². The number of aryl methyl sites for hydroxylation is 2. The Labute approximate surface area is 185 Å². The molecule has 2 aromatic carbocycles. The number of nitriles is 1. The molecule has 2 N–H and O–H groups in total. The van der Waals surface area contributed by atoms with E-state index in [0.29, 0.717) is 29.3 Å². The zero-order valence-corrected chi connectivity index (χ0v) is 17.9. The molecule has 0 aliphatic carbocycles. The summed E-state index contributed by atoms with van der Waals surface area (Å²) < 4.78 is 10.9. The molecule has 3 rings (SSSR count). The number of hydrogen-bond donors (Lipinski definition) is 2. The van der Waals surface area contributed by atoms with E-state index in [9.17, 15) is 14.9 Å². The van der Waals surface area contributed by atoms with Gasteiger partial charge >= 0.3 is 0 Å². The molecule has 162 valence electrons. The molecule has 0 radical (unpaired) electrons. The Morgan fingerprint density at radius 3 is 2.22 bits per heavy atom. The van der Waals surface area contributed by atoms with Crippen LogP contribution < -0.4 is 15.4 Å². The second kappa shape index (κ2) is 10.1. The summed E-state index contributed by atoms with van der Waals surface area (Å²) in [5, 5.41) is 18.6. The number of carbonyl (C=O) groups is 2. The molecular formula is C24H22N4O4. The minimum atomic E-state index is -0.529. The van der Waals surface area contributed by atoms with Crippen LogP contribution in [0.2, 0.25) is 0 Å². The lowest BCUT2D eigenvalue weighted by Gasteiger charge is -2.07. The summed E-state index contributed by atoms with van der Waals surface area (Å²) in [6.45, 7) is 5.44. The van der Waals surface area contributed by atoms with E-state index in [0.717, 1.165) is 17.0 Å². The van der Waals surface area contributed by atoms with Gasteiger partial charge < -0.3 is 19.9 Å². The summed E-state index contributed by atoms with van der Waals surface area (Å²) in [5.74, 6) is 0.649. The van der Waals surface area contributed by atoms with Crippen LogP contribution >= 0.6 is 0 Å². The van der Waals surface area contributed by atoms with Gasteiger partial charge in [-0.25, -0.2) is 0 Å². The molecule has 0 spiro atoms. The van der Waals surface area contributed by atoms with E-state index >= 15 is 0 Å². The van der Waals surface area contributed by atoms with Crippen molar-refractivity contribution in [1.82, 2.24) is 5.16 Å². The number of rotatable bonds is 7. The minimum Gasteiger partial charge on any atom is -0.489 e. The molecule has 0 aliphatic heterocycles. The zero-order valence-electron chi connectivity index (χ0n) is 17.9. The first-order valence-corrected chi connectivity index (χ1v) is 9.81. The second-order valence-corrected chi connectivity index (χ2v) is 7.04. The summed E-state index contributed by atoms with van der Waals surface area (Å²) in [5.41, 5.74) is 3.46. The Hall–Kier alpha value is -4.38. The van der Waals surface area contributed by atoms with Gasteiger partial charge in [0.2, 0.25) is 5.91 Å². The molecular weight excluding hydrogens is 408 g/mol. The number of aromatic nitrogens is 1. The normalized spacial score (nSPS) is 10.9. The Bertz CT molecular complexity index is 1170. The first kappa shape index (κ1) is 22.3. The minimum absolute atomic E-state index is 0.0414. The summed E-state index contributed by atoms with van der Waals surface area (Å²) >= 11 is 0. The summed E-state index contributed by atoms with van der Waals surface area (Å²) in [4.78, 5) is 23.5. The van der Waals surface area contributed by atoms with Crippen LogP contribution in [0.3, 0.4) is 0 Å². The molecule has 0 saturated carbocycles. The van der Waals surface area contributed by atoms with E-state index in [4.69, 9.17) is 9.26 Å². The smallest absolute Gasteiger partial charge is 0.266 e. The molecule has 1 aromatic heterocycles. The topological polar surface area (TPSA) is 117 Å². The van der Waals surface area contributed by atoms with Crippen LogP contribution in [0.15, 0.2) is 58.6 Å². The molecule has 0 bridgehead atoms. The van der Waals surface area contributed by atoms with Crippen molar-refractivity contribution in [2.75, 3.05) is 10.6 Å². The van der Waals surface area contributed by atoms with Gasteiger partial charge in [-0.15, -0.1) is 0 Å². The SMILES string of the molecule is CC(=O)Nc1ccc(NC(=O)/C(C#N)=C/c2ccc(OCc3c(C)noc3C)cc2)cc1. The Morgan fingerprint density at radius 2 is 1.69 bits per heavy atom. The van der Waals surface area contributed by atoms with Gasteiger partial charge in [0.15, 0.2) is 0 Å². The number of hydrogen-bond acceptors (Lipinski definition) is 6. The third-order valence-electron chi connectivity index (χ3n) is 4.58. The monoisotopic (exact) mass is 430 g/mol. The Balaban J connectivity index is 1.63. The van der Waals surface area contributed by atoms with E-state index in [1.807, 2.05) is 19.9 Å². The number of ether oxygens (including phenoxy) is 1. The predicted molar refractivity (Wildman–Crippen MR) is 120 cm³/mol. The highest BCUT2D eigenvalue weighted by Gasteiger charge is 2.11. The van der Waals surface area contributed by atoms with Crippen molar-refractivity contribution in [3.63, 3.8) is 0 Å². The fourth-order valence-corrected chi connectivity index (χ4v) is 2.88. The van der Waals surface area contributed by atoms with Crippen molar-refractivity contribution >= 4 is 29.3 Å². The molecule has 1 heterocycles. The van der Waals surface area contributed by atoms with Gasteiger partial charge in [0.25, 0.3) is 5.91 Å². The maximum absolute atomic E-state index is 12.5. The first-order chi connectivity index (χ1) is 15.4. The summed E-state index contributed by atoms with van der Waals surface area (Å²) in [7, 11) is 0. The van der Waals surface area contributed by atoms with Crippen LogP contribution in [0.5, 0.6) is 5.75 Å². The molecule has 3 aromatic rings. The van der Waals surface area contributed by atoms with Crippen LogP contribution in [0.4, 0.5) is 11.4 Å². The second-order valence-electron chi connectivity index (χ2n) is 7.04. The molecule has 32 heavy (non-hydrogen) atoms. The number of benzene rings is 2. The maximum Gasteiger partial charge on any atom is 0.266 e. The van der Waals surface area contributed by atoms with Gasteiger partial charge in [0.1, 0.15) is 29.8 Å². The Morgan fingerprint density at radius 1 is 1.06 bits per heavy atom. The molecule has 8 nitrogen and oxygen atoms in total. The fourth-order valence-electron chi connectivity index (χ4n) is 2.88. The molecule has 2 amide bonds. The third kappa shape index (κ3) is 5.83. The van der Waals surface area contributed by atoms with Gasteiger partial charge in [0, 0.05) is 18.3 Å². The quantitative estimate of drug-likeness (QED) is 0.424. The maximum atomic E-state index is 12.5. The molecule has 0 aliphatic rings. The van der Waals surface area contributed by atoms with Gasteiger partial charge in [-0.2, -0.15) is 5.26 Å². The standard InChI is InChI=1S/C24H22N4O4/c1-15-23(16(2)32-28-15)14-31-22-10-4-18(5-11-22)12-19(13-25)24(30)27-21-8-6-20(7-9-21)26-17(3)29/h4-12H,14H2,1-3H3,(H,26,29)(H,27,30)/b19-12+. The van der Waals surface area contributed by atoms with Crippen molar-refractivity contribution in [1.29, 1.82) is 5.26 Å². The largest absolute Gasteiger partial charge is 0.489 e. The lowest BCUT2D eigenvalue weighted by atomic mass is 10.1. The molecule has 8 heteroatoms. The van der Waals surface area contributed by atoms with Crippen LogP contribution in [-0.4, -0.2) is 17.0 Å². The van der Waals surface area contributed by atoms with Crippen molar-refractivity contribution in [3.8, 4) is 11.8 Å². The zero-order chi connectivity index (χ0) is 23.1. The van der Waals surface area contributed by atoms with Crippen molar-refractivity contribution in [3.05, 3.63) is 76.7 Å². The van der Waals surface area contributed by atoms with Crippen molar-refractivity contribution in [2.45, 2.75) is 27.4 Å². The lowest BCUT2D eigenvalue weighted by molar-refractivity contribution is -0.114. The average molecular weight is 430 g/mol. The van der Waals surface area contributed by atoms with E-state index < -0.39 is 5.91 Å². The average Bonchev–Trinajstić information content (AvgIpc) is 3.09. The van der Waals surface area contributed by atoms with E-state index in [1.165, 1.54) is 13.0 Å². The molecule has 0 unspecified atom stereocenters. The molecule has 0 saturated heterocycles. The number of carbonyl (C=O) groups excluding carboxylic acids is 2. The fraction of sp³-hybridized carbons (Fsp3) is 0.167. The summed E-state index contributed by atoms with van der Waals surface area (Å²) in [6.07, 6.45) is 1.50. The Kier molecular flexibility index (Phi) is 7.03. The number of nitrogens with one attached hydrogen (secondary N) is 2. The van der Waals surface area contributed by atoms with E-state index in [2.05, 4.69) is 15.8 Å². The van der Waals surface area contributed by atoms with Gasteiger partial charge in [-0.3, -0.25) is 9.59 Å². The van der Waals surface area contributed by atoms with E-state index in [-0.39, 0.29) is 11.5 Å². The molecule has 0 fully saturated rings. The van der Waals surface area contributed by atoms with E-state index in [1.54, 1.807) is 48.5 Å². The predicted octanol–water partition coefficient (Wildman–Crippen LogP) is 4.37. The lowest BCUT2D eigenvalue weighted by Crippen LogP contribution is -2.13. The van der Waals surface area contributed by atoms with Gasteiger partial charge in [-0.05, 0) is 61.9 Å². The highest BCUT2D eigenvalue weighted by Crippen LogP contribution is 2.20. The highest BCUT2D eigenvalue weighted by atomic mass is 16.5. The highest BCUT2D eigenvalue weighted by molar-refractivity contribution is 6.09. The van der Waals surface area contributed by atoms with Crippen LogP contribution in [0.1, 0.15) is 29.5 Å². The summed E-state index contributed by atoms with van der Waals surface area (Å²) in [6, 6.07) is 15.6. The third-order valence-corrected chi connectivity index (χ3v) is 4.58. The van der Waals surface area contributed by atoms with Crippen molar-refractivity contribution in [2.24, 2.45) is 0 Å². The van der Waals surface area contributed by atoms with Gasteiger partial charge in [-0.1, -0.05) is 17.3 Å². The number of amides is 2. The number of nitrogens with zero attached hydrogens (tertiary/aromatic N) is 2. The van der Waals surface area contributed by atoms with Crippen LogP contribution in [0.25, 0.3) is 6.08 Å².